The fourth-order valence-corrected chi connectivity index (χ4v) is 7.97. The second kappa shape index (κ2) is 12.4. The third-order valence-electron chi connectivity index (χ3n) is 10.6. The third-order valence-corrected chi connectivity index (χ3v) is 10.6. The van der Waals surface area contributed by atoms with Crippen LogP contribution in [0.3, 0.4) is 0 Å². The Hall–Kier alpha value is -3.90. The average Bonchev–Trinajstić information content (AvgIpc) is 3.71. The highest BCUT2D eigenvalue weighted by Crippen LogP contribution is 2.45. The molecular formula is C34H43N7O5. The van der Waals surface area contributed by atoms with Gasteiger partial charge in [-0.05, 0) is 84.4 Å². The van der Waals surface area contributed by atoms with Crippen molar-refractivity contribution in [2.45, 2.75) is 95.7 Å². The molecule has 0 amide bonds. The van der Waals surface area contributed by atoms with E-state index >= 15 is 0 Å². The average molecular weight is 630 g/mol. The highest BCUT2D eigenvalue weighted by molar-refractivity contribution is 6.17. The number of ether oxygens (including phenoxy) is 2. The summed E-state index contributed by atoms with van der Waals surface area (Å²) in [6, 6.07) is 3.89. The van der Waals surface area contributed by atoms with E-state index in [1.165, 1.54) is 0 Å². The molecule has 46 heavy (non-hydrogen) atoms. The van der Waals surface area contributed by atoms with Gasteiger partial charge in [-0.25, -0.2) is 9.67 Å². The van der Waals surface area contributed by atoms with Crippen LogP contribution >= 0.6 is 0 Å². The number of carbonyl (C=O) groups is 2. The number of likely N-dealkylation sites (tertiary alicyclic amines) is 1. The number of hydrogen-bond acceptors (Lipinski definition) is 10. The Morgan fingerprint density at radius 2 is 1.87 bits per heavy atom. The molecule has 0 unspecified atom stereocenters. The van der Waals surface area contributed by atoms with Crippen molar-refractivity contribution in [1.82, 2.24) is 29.2 Å². The Bertz CT molecular complexity index is 1750. The molecule has 0 bridgehead atoms. The first-order valence-corrected chi connectivity index (χ1v) is 16.8. The van der Waals surface area contributed by atoms with Gasteiger partial charge in [0.25, 0.3) is 5.56 Å². The summed E-state index contributed by atoms with van der Waals surface area (Å²) in [5.74, 6) is 0.674. The van der Waals surface area contributed by atoms with Crippen LogP contribution in [0.1, 0.15) is 89.4 Å². The molecular weight excluding hydrogens is 586 g/mol. The Balaban J connectivity index is 1.30. The molecule has 0 aromatic carbocycles. The summed E-state index contributed by atoms with van der Waals surface area (Å²) in [5.41, 5.74) is 6.52. The zero-order chi connectivity index (χ0) is 32.0. The number of carbonyl (C=O) groups excluding carboxylic acids is 2. The quantitative estimate of drug-likeness (QED) is 0.316. The fourth-order valence-electron chi connectivity index (χ4n) is 7.97. The van der Waals surface area contributed by atoms with Crippen molar-refractivity contribution >= 4 is 28.2 Å². The van der Waals surface area contributed by atoms with Crippen LogP contribution in [0.15, 0.2) is 34.9 Å². The molecule has 12 heteroatoms. The van der Waals surface area contributed by atoms with Crippen LogP contribution in [0.5, 0.6) is 5.88 Å². The Labute approximate surface area is 268 Å². The van der Waals surface area contributed by atoms with Crippen molar-refractivity contribution in [1.29, 1.82) is 0 Å². The topological polar surface area (TPSA) is 147 Å². The minimum absolute atomic E-state index is 0.0246. The number of aromatic nitrogens is 5. The van der Waals surface area contributed by atoms with Gasteiger partial charge in [-0.3, -0.25) is 19.3 Å². The highest BCUT2D eigenvalue weighted by atomic mass is 16.5. The largest absolute Gasteiger partial charge is 0.473 e. The predicted octanol–water partition coefficient (Wildman–Crippen LogP) is 3.74. The first-order chi connectivity index (χ1) is 22.2. The summed E-state index contributed by atoms with van der Waals surface area (Å²) in [7, 11) is 2.09. The standard InChI is InChI=1S/C34H43N7O5/c1-21(25-8-6-15-39(25)2)46-28-19-27(41-20-22-10-16-40(33(44)30(22)38-41)23-11-17-45-18-12-23)36-32(37-28)29(35)24-7-5-14-34(31(24)43)13-4-3-9-26(34)42/h10,16,19-21,23,25H,3-9,11-15,17-18,35H2,1-2H3/t21-,25-,34+/m0/s1. The lowest BCUT2D eigenvalue weighted by Gasteiger charge is -2.38. The Morgan fingerprint density at radius 3 is 2.63 bits per heavy atom. The van der Waals surface area contributed by atoms with Crippen molar-refractivity contribution in [3.63, 3.8) is 0 Å². The van der Waals surface area contributed by atoms with Crippen molar-refractivity contribution in [2.24, 2.45) is 11.1 Å². The van der Waals surface area contributed by atoms with Gasteiger partial charge in [-0.1, -0.05) is 6.42 Å². The van der Waals surface area contributed by atoms with Crippen molar-refractivity contribution in [3.8, 4) is 11.7 Å². The fraction of sp³-hybridized carbons (Fsp3) is 0.588. The molecule has 7 rings (SSSR count). The van der Waals surface area contributed by atoms with E-state index in [2.05, 4.69) is 17.0 Å². The van der Waals surface area contributed by atoms with Gasteiger partial charge in [-0.2, -0.15) is 10.1 Å². The molecule has 3 aromatic rings. The third kappa shape index (κ3) is 5.45. The number of allylic oxidation sites excluding steroid dienone is 1. The van der Waals surface area contributed by atoms with E-state index in [0.717, 1.165) is 45.1 Å². The van der Waals surface area contributed by atoms with Gasteiger partial charge in [0.05, 0.1) is 11.1 Å². The zero-order valence-corrected chi connectivity index (χ0v) is 26.7. The number of nitrogens with two attached hydrogens (primary N) is 1. The molecule has 2 N–H and O–H groups in total. The number of nitrogens with zero attached hydrogens (tertiary/aromatic N) is 6. The molecule has 2 aliphatic heterocycles. The van der Waals surface area contributed by atoms with Crippen LogP contribution in [0, 0.1) is 5.41 Å². The van der Waals surface area contributed by atoms with E-state index in [4.69, 9.17) is 25.2 Å². The highest BCUT2D eigenvalue weighted by Gasteiger charge is 2.49. The van der Waals surface area contributed by atoms with E-state index in [1.807, 2.05) is 19.2 Å². The molecule has 5 heterocycles. The number of Topliss-reactive ketones (excluding diaryl/α,β-unsaturated/α-hetero) is 2. The minimum Gasteiger partial charge on any atom is -0.473 e. The molecule has 2 saturated heterocycles. The van der Waals surface area contributed by atoms with Gasteiger partial charge in [0.2, 0.25) is 5.88 Å². The van der Waals surface area contributed by atoms with Crippen LogP contribution in [0.4, 0.5) is 0 Å². The summed E-state index contributed by atoms with van der Waals surface area (Å²) >= 11 is 0. The maximum Gasteiger partial charge on any atom is 0.279 e. The Morgan fingerprint density at radius 1 is 1.07 bits per heavy atom. The van der Waals surface area contributed by atoms with E-state index < -0.39 is 5.41 Å². The molecule has 2 aliphatic carbocycles. The van der Waals surface area contributed by atoms with Crippen LogP contribution in [0.2, 0.25) is 0 Å². The van der Waals surface area contributed by atoms with Crippen LogP contribution < -0.4 is 16.0 Å². The van der Waals surface area contributed by atoms with E-state index in [9.17, 15) is 14.4 Å². The van der Waals surface area contributed by atoms with Crippen molar-refractivity contribution in [2.75, 3.05) is 26.8 Å². The van der Waals surface area contributed by atoms with Gasteiger partial charge in [0.1, 0.15) is 11.9 Å². The number of rotatable bonds is 6. The summed E-state index contributed by atoms with van der Waals surface area (Å²) in [5, 5.41) is 5.37. The number of likely N-dealkylation sites (N-methyl/N-ethyl adjacent to an activating group) is 1. The molecule has 244 valence electrons. The maximum atomic E-state index is 14.0. The number of pyridine rings is 1. The van der Waals surface area contributed by atoms with Gasteiger partial charge < -0.3 is 19.8 Å². The van der Waals surface area contributed by atoms with Crippen LogP contribution in [-0.4, -0.2) is 79.7 Å². The SMILES string of the molecule is C[C@H](Oc1cc(-n2cc3ccn(C4CCOCC4)c(=O)c3n2)nc(C(N)=C2CCC[C@@]3(CCCCC3=O)C2=O)n1)[C@@H]1CCCN1C. The number of fused-ring (bicyclic) bond motifs is 1. The van der Waals surface area contributed by atoms with Gasteiger partial charge >= 0.3 is 0 Å². The first-order valence-electron chi connectivity index (χ1n) is 16.8. The van der Waals surface area contributed by atoms with E-state index in [-0.39, 0.29) is 46.8 Å². The lowest BCUT2D eigenvalue weighted by Crippen LogP contribution is -2.45. The summed E-state index contributed by atoms with van der Waals surface area (Å²) in [6.07, 6.45) is 11.5. The van der Waals surface area contributed by atoms with E-state index in [0.29, 0.717) is 73.5 Å². The number of hydrogen-bond donors (Lipinski definition) is 1. The summed E-state index contributed by atoms with van der Waals surface area (Å²) in [6.45, 7) is 4.28. The van der Waals surface area contributed by atoms with Gasteiger partial charge in [-0.15, -0.1) is 0 Å². The monoisotopic (exact) mass is 629 g/mol. The molecule has 2 saturated carbocycles. The number of ketones is 2. The maximum absolute atomic E-state index is 14.0. The van der Waals surface area contributed by atoms with Crippen molar-refractivity contribution in [3.05, 3.63) is 46.3 Å². The molecule has 3 atom stereocenters. The smallest absolute Gasteiger partial charge is 0.279 e. The summed E-state index contributed by atoms with van der Waals surface area (Å²) in [4.78, 5) is 52.4. The van der Waals surface area contributed by atoms with Crippen molar-refractivity contribution < 1.29 is 19.1 Å². The molecule has 0 radical (unpaired) electrons. The second-order valence-corrected chi connectivity index (χ2v) is 13.4. The minimum atomic E-state index is -0.987. The Kier molecular flexibility index (Phi) is 8.26. The van der Waals surface area contributed by atoms with Gasteiger partial charge in [0, 0.05) is 61.1 Å². The normalized spacial score (nSPS) is 26.6. The predicted molar refractivity (Wildman–Crippen MR) is 172 cm³/mol. The molecule has 12 nitrogen and oxygen atoms in total. The van der Waals surface area contributed by atoms with Crippen LogP contribution in [-0.2, 0) is 14.3 Å². The zero-order valence-electron chi connectivity index (χ0n) is 26.7. The summed E-state index contributed by atoms with van der Waals surface area (Å²) < 4.78 is 15.2. The lowest BCUT2D eigenvalue weighted by molar-refractivity contribution is -0.143. The molecule has 1 spiro atoms. The first kappa shape index (κ1) is 30.7. The van der Waals surface area contributed by atoms with Crippen LogP contribution in [0.25, 0.3) is 22.4 Å². The molecule has 4 fully saturated rings. The lowest BCUT2D eigenvalue weighted by atomic mass is 9.62. The molecule has 4 aliphatic rings. The molecule has 3 aromatic heterocycles. The van der Waals surface area contributed by atoms with E-state index in [1.54, 1.807) is 21.5 Å². The van der Waals surface area contributed by atoms with Gasteiger partial charge in [0.15, 0.2) is 22.9 Å². The second-order valence-electron chi connectivity index (χ2n) is 13.4.